The van der Waals surface area contributed by atoms with E-state index in [0.29, 0.717) is 13.2 Å². The van der Waals surface area contributed by atoms with Gasteiger partial charge in [0, 0.05) is 0 Å². The molecule has 0 aromatic heterocycles. The Bertz CT molecular complexity index is 587. The molecule has 2 atom stereocenters. The van der Waals surface area contributed by atoms with E-state index >= 15 is 0 Å². The molecule has 0 radical (unpaired) electrons. The second kappa shape index (κ2) is 16.0. The molecule has 4 heteroatoms. The van der Waals surface area contributed by atoms with Gasteiger partial charge in [-0.05, 0) is 18.4 Å². The van der Waals surface area contributed by atoms with Crippen molar-refractivity contribution in [3.8, 4) is 0 Å². The van der Waals surface area contributed by atoms with Gasteiger partial charge in [0.25, 0.3) is 0 Å². The van der Waals surface area contributed by atoms with Crippen LogP contribution in [-0.2, 0) is 16.1 Å². The van der Waals surface area contributed by atoms with Gasteiger partial charge in [-0.15, -0.1) is 0 Å². The zero-order valence-electron chi connectivity index (χ0n) is 18.8. The first-order valence-electron chi connectivity index (χ1n) is 12.0. The SMILES string of the molecule is CCCCCCCCCCCCC/C=C/[C@H]1NC(=O)O[C@@H]1COCc1ccccc1. The van der Waals surface area contributed by atoms with E-state index in [1.54, 1.807) is 0 Å². The van der Waals surface area contributed by atoms with Crippen molar-refractivity contribution in [3.63, 3.8) is 0 Å². The van der Waals surface area contributed by atoms with Gasteiger partial charge in [0.05, 0.1) is 19.3 Å². The smallest absolute Gasteiger partial charge is 0.408 e. The summed E-state index contributed by atoms with van der Waals surface area (Å²) in [4.78, 5) is 11.6. The fraction of sp³-hybridized carbons (Fsp3) is 0.654. The highest BCUT2D eigenvalue weighted by Crippen LogP contribution is 2.14. The maximum atomic E-state index is 11.6. The Morgan fingerprint density at radius 1 is 0.933 bits per heavy atom. The van der Waals surface area contributed by atoms with Gasteiger partial charge in [0.15, 0.2) is 6.10 Å². The Morgan fingerprint density at radius 2 is 1.57 bits per heavy atom. The zero-order chi connectivity index (χ0) is 21.3. The van der Waals surface area contributed by atoms with E-state index in [4.69, 9.17) is 9.47 Å². The van der Waals surface area contributed by atoms with E-state index in [2.05, 4.69) is 24.4 Å². The molecule has 30 heavy (non-hydrogen) atoms. The Balaban J connectivity index is 1.49. The molecule has 1 aliphatic rings. The molecule has 1 aromatic carbocycles. The van der Waals surface area contributed by atoms with E-state index < -0.39 is 0 Å². The minimum atomic E-state index is -0.354. The highest BCUT2D eigenvalue weighted by atomic mass is 16.6. The molecule has 0 unspecified atom stereocenters. The van der Waals surface area contributed by atoms with Crippen molar-refractivity contribution in [1.82, 2.24) is 5.32 Å². The number of hydrogen-bond donors (Lipinski definition) is 1. The van der Waals surface area contributed by atoms with Gasteiger partial charge in [0.1, 0.15) is 0 Å². The van der Waals surface area contributed by atoms with Gasteiger partial charge in [0.2, 0.25) is 0 Å². The van der Waals surface area contributed by atoms with Crippen LogP contribution in [0, 0.1) is 0 Å². The Labute approximate surface area is 183 Å². The van der Waals surface area contributed by atoms with Crippen molar-refractivity contribution in [1.29, 1.82) is 0 Å². The Kier molecular flexibility index (Phi) is 13.0. The van der Waals surface area contributed by atoms with Crippen LogP contribution in [0.4, 0.5) is 4.79 Å². The number of nitrogens with one attached hydrogen (secondary N) is 1. The summed E-state index contributed by atoms with van der Waals surface area (Å²) in [7, 11) is 0. The third-order valence-electron chi connectivity index (χ3n) is 5.65. The topological polar surface area (TPSA) is 47.6 Å². The lowest BCUT2D eigenvalue weighted by atomic mass is 10.0. The van der Waals surface area contributed by atoms with Gasteiger partial charge < -0.3 is 14.8 Å². The maximum absolute atomic E-state index is 11.6. The number of carbonyl (C=O) groups is 1. The summed E-state index contributed by atoms with van der Waals surface area (Å²) in [6.45, 7) is 3.21. The molecule has 168 valence electrons. The molecule has 1 amide bonds. The lowest BCUT2D eigenvalue weighted by Crippen LogP contribution is -2.32. The summed E-state index contributed by atoms with van der Waals surface area (Å²) in [6, 6.07) is 9.95. The summed E-state index contributed by atoms with van der Waals surface area (Å²) < 4.78 is 11.1. The number of hydrogen-bond acceptors (Lipinski definition) is 3. The van der Waals surface area contributed by atoms with E-state index in [1.807, 2.05) is 30.3 Å². The molecule has 1 aliphatic heterocycles. The molecule has 0 spiro atoms. The van der Waals surface area contributed by atoms with Crippen molar-refractivity contribution in [2.75, 3.05) is 6.61 Å². The lowest BCUT2D eigenvalue weighted by molar-refractivity contribution is 0.0318. The largest absolute Gasteiger partial charge is 0.441 e. The monoisotopic (exact) mass is 415 g/mol. The van der Waals surface area contributed by atoms with Gasteiger partial charge in [-0.2, -0.15) is 0 Å². The summed E-state index contributed by atoms with van der Waals surface area (Å²) in [5.74, 6) is 0. The van der Waals surface area contributed by atoms with Crippen LogP contribution >= 0.6 is 0 Å². The molecular formula is C26H41NO3. The second-order valence-corrected chi connectivity index (χ2v) is 8.37. The predicted molar refractivity (Wildman–Crippen MR) is 124 cm³/mol. The van der Waals surface area contributed by atoms with Crippen LogP contribution in [0.2, 0.25) is 0 Å². The van der Waals surface area contributed by atoms with Crippen molar-refractivity contribution in [2.45, 2.75) is 103 Å². The Morgan fingerprint density at radius 3 is 2.23 bits per heavy atom. The quantitative estimate of drug-likeness (QED) is 0.221. The molecule has 1 aromatic rings. The predicted octanol–water partition coefficient (Wildman–Crippen LogP) is 6.94. The molecule has 1 heterocycles. The molecule has 0 saturated carbocycles. The van der Waals surface area contributed by atoms with Crippen LogP contribution in [0.15, 0.2) is 42.5 Å². The van der Waals surface area contributed by atoms with Crippen molar-refractivity contribution in [3.05, 3.63) is 48.0 Å². The number of amides is 1. The zero-order valence-corrected chi connectivity index (χ0v) is 18.8. The average molecular weight is 416 g/mol. The van der Waals surface area contributed by atoms with Crippen LogP contribution in [-0.4, -0.2) is 24.8 Å². The minimum absolute atomic E-state index is 0.0963. The van der Waals surface area contributed by atoms with E-state index in [0.717, 1.165) is 12.0 Å². The van der Waals surface area contributed by atoms with Gasteiger partial charge in [-0.1, -0.05) is 114 Å². The fourth-order valence-electron chi connectivity index (χ4n) is 3.82. The number of rotatable bonds is 17. The van der Waals surface area contributed by atoms with E-state index in [1.165, 1.54) is 70.6 Å². The lowest BCUT2D eigenvalue weighted by Gasteiger charge is -2.14. The van der Waals surface area contributed by atoms with E-state index in [9.17, 15) is 4.79 Å². The average Bonchev–Trinajstić information content (AvgIpc) is 3.11. The fourth-order valence-corrected chi connectivity index (χ4v) is 3.82. The highest BCUT2D eigenvalue weighted by Gasteiger charge is 2.32. The standard InChI is InChI=1S/C26H41NO3/c1-2-3-4-5-6-7-8-9-10-11-12-13-17-20-24-25(30-26(28)27-24)22-29-21-23-18-15-14-16-19-23/h14-20,24-25H,2-13,21-22H2,1H3,(H,27,28)/b20-17+/t24-,25-/m1/s1. The molecule has 0 bridgehead atoms. The van der Waals surface area contributed by atoms with Gasteiger partial charge in [-0.25, -0.2) is 4.79 Å². The summed E-state index contributed by atoms with van der Waals surface area (Å²) in [5.41, 5.74) is 1.12. The number of ether oxygens (including phenoxy) is 2. The number of allylic oxidation sites excluding steroid dienone is 1. The van der Waals surface area contributed by atoms with Gasteiger partial charge >= 0.3 is 6.09 Å². The van der Waals surface area contributed by atoms with Crippen molar-refractivity contribution < 1.29 is 14.3 Å². The number of benzene rings is 1. The van der Waals surface area contributed by atoms with Crippen LogP contribution in [0.3, 0.4) is 0 Å². The van der Waals surface area contributed by atoms with Crippen molar-refractivity contribution in [2.24, 2.45) is 0 Å². The van der Waals surface area contributed by atoms with Crippen LogP contribution in [0.5, 0.6) is 0 Å². The summed E-state index contributed by atoms with van der Waals surface area (Å²) in [6.07, 6.45) is 19.6. The number of cyclic esters (lactones) is 1. The third kappa shape index (κ3) is 10.8. The first-order chi connectivity index (χ1) is 14.8. The van der Waals surface area contributed by atoms with Crippen LogP contribution < -0.4 is 5.32 Å². The second-order valence-electron chi connectivity index (χ2n) is 8.37. The maximum Gasteiger partial charge on any atom is 0.408 e. The molecule has 1 fully saturated rings. The highest BCUT2D eigenvalue weighted by molar-refractivity contribution is 5.70. The first kappa shape index (κ1) is 24.5. The van der Waals surface area contributed by atoms with Crippen molar-refractivity contribution >= 4 is 6.09 Å². The van der Waals surface area contributed by atoms with Crippen LogP contribution in [0.1, 0.15) is 89.5 Å². The molecule has 1 saturated heterocycles. The molecule has 4 nitrogen and oxygen atoms in total. The summed E-state index contributed by atoms with van der Waals surface area (Å²) >= 11 is 0. The third-order valence-corrected chi connectivity index (χ3v) is 5.65. The first-order valence-corrected chi connectivity index (χ1v) is 12.0. The number of alkyl carbamates (subject to hydrolysis) is 1. The minimum Gasteiger partial charge on any atom is -0.441 e. The normalized spacial score (nSPS) is 18.6. The Hall–Kier alpha value is -1.81. The molecular weight excluding hydrogens is 374 g/mol. The van der Waals surface area contributed by atoms with Crippen LogP contribution in [0.25, 0.3) is 0 Å². The molecule has 2 rings (SSSR count). The van der Waals surface area contributed by atoms with E-state index in [-0.39, 0.29) is 18.2 Å². The summed E-state index contributed by atoms with van der Waals surface area (Å²) in [5, 5.41) is 2.87. The molecule has 0 aliphatic carbocycles. The molecule has 1 N–H and O–H groups in total. The van der Waals surface area contributed by atoms with Gasteiger partial charge in [-0.3, -0.25) is 0 Å². The number of carbonyl (C=O) groups excluding carboxylic acids is 1. The number of unbranched alkanes of at least 4 members (excludes halogenated alkanes) is 11.